The summed E-state index contributed by atoms with van der Waals surface area (Å²) in [5, 5.41) is 8.62. The molecule has 0 spiro atoms. The molecular formula is C19H15ClF3N5O2. The lowest BCUT2D eigenvalue weighted by molar-refractivity contribution is -0.275. The van der Waals surface area contributed by atoms with Crippen LogP contribution in [0, 0.1) is 0 Å². The highest BCUT2D eigenvalue weighted by Gasteiger charge is 2.32. The number of nitrogens with two attached hydrogens (primary N) is 2. The van der Waals surface area contributed by atoms with Crippen molar-refractivity contribution in [3.63, 3.8) is 0 Å². The van der Waals surface area contributed by atoms with Gasteiger partial charge in [0.2, 0.25) is 0 Å². The average Bonchev–Trinajstić information content (AvgIpc) is 2.66. The molecule has 7 nitrogen and oxygen atoms in total. The van der Waals surface area contributed by atoms with Crippen LogP contribution in [0.3, 0.4) is 0 Å². The lowest BCUT2D eigenvalue weighted by Gasteiger charge is -2.15. The van der Waals surface area contributed by atoms with Crippen LogP contribution in [0.5, 0.6) is 11.5 Å². The number of nitrogen functional groups attached to an aromatic ring is 2. The molecule has 1 aromatic heterocycles. The standard InChI is InChI=1S/C19H15ClF3N5O2/c20-12-5-7-13(8-6-12)27-28-17-15(9-16(24)26-18(17)25)29-10-11-3-1-2-4-14(11)30-19(21,22)23/h1-9H,10H2,(H4,24,25,26)/b28-27+. The van der Waals surface area contributed by atoms with Gasteiger partial charge in [-0.1, -0.05) is 29.8 Å². The van der Waals surface area contributed by atoms with Gasteiger partial charge in [0.25, 0.3) is 0 Å². The summed E-state index contributed by atoms with van der Waals surface area (Å²) < 4.78 is 47.4. The Kier molecular flexibility index (Phi) is 6.26. The highest BCUT2D eigenvalue weighted by atomic mass is 35.5. The van der Waals surface area contributed by atoms with E-state index in [9.17, 15) is 13.2 Å². The molecule has 1 heterocycles. The Balaban J connectivity index is 1.86. The van der Waals surface area contributed by atoms with Gasteiger partial charge in [0.05, 0.1) is 5.69 Å². The van der Waals surface area contributed by atoms with E-state index in [2.05, 4.69) is 19.9 Å². The molecule has 0 saturated carbocycles. The molecule has 156 valence electrons. The van der Waals surface area contributed by atoms with Gasteiger partial charge in [-0.3, -0.25) is 0 Å². The Morgan fingerprint density at radius 3 is 2.37 bits per heavy atom. The summed E-state index contributed by atoms with van der Waals surface area (Å²) in [6.45, 7) is -0.265. The summed E-state index contributed by atoms with van der Waals surface area (Å²) in [6, 6.07) is 13.5. The van der Waals surface area contributed by atoms with Gasteiger partial charge in [0.15, 0.2) is 17.3 Å². The second-order valence-electron chi connectivity index (χ2n) is 5.90. The predicted molar refractivity (Wildman–Crippen MR) is 106 cm³/mol. The van der Waals surface area contributed by atoms with E-state index in [-0.39, 0.29) is 41.0 Å². The number of alkyl halides is 3. The first-order valence-electron chi connectivity index (χ1n) is 8.41. The molecule has 0 aliphatic carbocycles. The highest BCUT2D eigenvalue weighted by Crippen LogP contribution is 2.36. The van der Waals surface area contributed by atoms with Crippen LogP contribution in [-0.4, -0.2) is 11.3 Å². The first kappa shape index (κ1) is 21.2. The fourth-order valence-electron chi connectivity index (χ4n) is 2.38. The Bertz CT molecular complexity index is 1060. The van der Waals surface area contributed by atoms with Gasteiger partial charge in [-0.15, -0.1) is 18.3 Å². The third-order valence-electron chi connectivity index (χ3n) is 3.68. The summed E-state index contributed by atoms with van der Waals surface area (Å²) in [5.74, 6) is -0.292. The van der Waals surface area contributed by atoms with Crippen LogP contribution in [0.1, 0.15) is 5.56 Å². The number of anilines is 2. The molecular weight excluding hydrogens is 423 g/mol. The lowest BCUT2D eigenvalue weighted by Crippen LogP contribution is -2.18. The normalized spacial score (nSPS) is 11.6. The van der Waals surface area contributed by atoms with Crippen molar-refractivity contribution in [3.8, 4) is 11.5 Å². The Morgan fingerprint density at radius 1 is 0.967 bits per heavy atom. The van der Waals surface area contributed by atoms with Gasteiger partial charge in [0, 0.05) is 16.7 Å². The Labute approximate surface area is 174 Å². The molecule has 3 rings (SSSR count). The number of pyridine rings is 1. The van der Waals surface area contributed by atoms with Crippen molar-refractivity contribution in [2.45, 2.75) is 13.0 Å². The Morgan fingerprint density at radius 2 is 1.67 bits per heavy atom. The number of halogens is 4. The van der Waals surface area contributed by atoms with Gasteiger partial charge in [-0.2, -0.15) is 5.11 Å². The minimum atomic E-state index is -4.83. The van der Waals surface area contributed by atoms with Gasteiger partial charge in [-0.25, -0.2) is 4.98 Å². The molecule has 11 heteroatoms. The van der Waals surface area contributed by atoms with Crippen molar-refractivity contribution >= 4 is 34.6 Å². The number of benzene rings is 2. The van der Waals surface area contributed by atoms with Crippen molar-refractivity contribution in [1.82, 2.24) is 4.98 Å². The number of nitrogens with zero attached hydrogens (tertiary/aromatic N) is 3. The van der Waals surface area contributed by atoms with Gasteiger partial charge >= 0.3 is 6.36 Å². The van der Waals surface area contributed by atoms with Crippen LogP contribution in [0.4, 0.5) is 36.2 Å². The molecule has 4 N–H and O–H groups in total. The van der Waals surface area contributed by atoms with Crippen molar-refractivity contribution < 1.29 is 22.6 Å². The molecule has 0 aliphatic rings. The van der Waals surface area contributed by atoms with Crippen LogP contribution in [0.25, 0.3) is 0 Å². The van der Waals surface area contributed by atoms with E-state index < -0.39 is 6.36 Å². The third-order valence-corrected chi connectivity index (χ3v) is 3.93. The van der Waals surface area contributed by atoms with E-state index >= 15 is 0 Å². The maximum absolute atomic E-state index is 12.6. The second-order valence-corrected chi connectivity index (χ2v) is 6.34. The third kappa shape index (κ3) is 5.74. The van der Waals surface area contributed by atoms with Crippen LogP contribution in [0.15, 0.2) is 64.8 Å². The van der Waals surface area contributed by atoms with Crippen molar-refractivity contribution in [3.05, 3.63) is 65.2 Å². The van der Waals surface area contributed by atoms with Crippen LogP contribution in [0.2, 0.25) is 5.02 Å². The SMILES string of the molecule is Nc1cc(OCc2ccccc2OC(F)(F)F)c(/N=N/c2ccc(Cl)cc2)c(N)n1. The zero-order valence-corrected chi connectivity index (χ0v) is 16.0. The number of aromatic nitrogens is 1. The number of para-hydroxylation sites is 1. The molecule has 30 heavy (non-hydrogen) atoms. The predicted octanol–water partition coefficient (Wildman–Crippen LogP) is 5.79. The van der Waals surface area contributed by atoms with E-state index in [1.54, 1.807) is 30.3 Å². The molecule has 0 amide bonds. The molecule has 0 radical (unpaired) electrons. The van der Waals surface area contributed by atoms with E-state index in [1.807, 2.05) is 0 Å². The quantitative estimate of drug-likeness (QED) is 0.474. The van der Waals surface area contributed by atoms with E-state index in [1.165, 1.54) is 24.3 Å². The summed E-state index contributed by atoms with van der Waals surface area (Å²) >= 11 is 5.83. The van der Waals surface area contributed by atoms with Crippen LogP contribution in [-0.2, 0) is 6.61 Å². The average molecular weight is 438 g/mol. The minimum Gasteiger partial charge on any atom is -0.486 e. The monoisotopic (exact) mass is 437 g/mol. The topological polar surface area (TPSA) is 108 Å². The van der Waals surface area contributed by atoms with E-state index in [4.69, 9.17) is 27.8 Å². The highest BCUT2D eigenvalue weighted by molar-refractivity contribution is 6.30. The molecule has 0 bridgehead atoms. The molecule has 0 aliphatic heterocycles. The van der Waals surface area contributed by atoms with Crippen molar-refractivity contribution in [2.24, 2.45) is 10.2 Å². The lowest BCUT2D eigenvalue weighted by atomic mass is 10.2. The zero-order valence-electron chi connectivity index (χ0n) is 15.2. The number of ether oxygens (including phenoxy) is 2. The van der Waals surface area contributed by atoms with Crippen LogP contribution >= 0.6 is 11.6 Å². The molecule has 0 fully saturated rings. The van der Waals surface area contributed by atoms with Gasteiger partial charge in [-0.05, 0) is 30.3 Å². The van der Waals surface area contributed by atoms with Crippen LogP contribution < -0.4 is 20.9 Å². The summed E-state index contributed by atoms with van der Waals surface area (Å²) in [7, 11) is 0. The molecule has 2 aromatic carbocycles. The number of rotatable bonds is 6. The molecule has 0 atom stereocenters. The summed E-state index contributed by atoms with van der Waals surface area (Å²) in [5.41, 5.74) is 12.3. The largest absolute Gasteiger partial charge is 0.573 e. The minimum absolute atomic E-state index is 0.0489. The molecule has 3 aromatic rings. The first-order chi connectivity index (χ1) is 14.2. The Hall–Kier alpha value is -3.53. The van der Waals surface area contributed by atoms with Gasteiger partial charge in [0.1, 0.15) is 18.2 Å². The second kappa shape index (κ2) is 8.87. The summed E-state index contributed by atoms with van der Waals surface area (Å²) in [6.07, 6.45) is -4.83. The van der Waals surface area contributed by atoms with Gasteiger partial charge < -0.3 is 20.9 Å². The fourth-order valence-corrected chi connectivity index (χ4v) is 2.51. The smallest absolute Gasteiger partial charge is 0.486 e. The molecule has 0 unspecified atom stereocenters. The maximum Gasteiger partial charge on any atom is 0.573 e. The maximum atomic E-state index is 12.6. The van der Waals surface area contributed by atoms with E-state index in [0.717, 1.165) is 0 Å². The number of hydrogen-bond acceptors (Lipinski definition) is 7. The number of hydrogen-bond donors (Lipinski definition) is 2. The fraction of sp³-hybridized carbons (Fsp3) is 0.105. The van der Waals surface area contributed by atoms with Crippen molar-refractivity contribution in [2.75, 3.05) is 11.5 Å². The number of azo groups is 1. The molecule has 0 saturated heterocycles. The van der Waals surface area contributed by atoms with Crippen molar-refractivity contribution in [1.29, 1.82) is 0 Å². The summed E-state index contributed by atoms with van der Waals surface area (Å²) in [4.78, 5) is 3.91. The zero-order chi connectivity index (χ0) is 21.7. The van der Waals surface area contributed by atoms with E-state index in [0.29, 0.717) is 10.7 Å². The first-order valence-corrected chi connectivity index (χ1v) is 8.79.